The topological polar surface area (TPSA) is 59.6 Å². The van der Waals surface area contributed by atoms with Crippen LogP contribution in [0.25, 0.3) is 0 Å². The van der Waals surface area contributed by atoms with Crippen molar-refractivity contribution in [2.75, 3.05) is 0 Å². The quantitative estimate of drug-likeness (QED) is 0.357. The molecule has 0 radical (unpaired) electrons. The summed E-state index contributed by atoms with van der Waals surface area (Å²) in [7, 11) is 0. The average Bonchev–Trinajstić information content (AvgIpc) is 3.01. The second-order valence-electron chi connectivity index (χ2n) is 6.44. The van der Waals surface area contributed by atoms with E-state index in [0.717, 1.165) is 11.6 Å². The van der Waals surface area contributed by atoms with Crippen LogP contribution in [0, 0.1) is 0 Å². The summed E-state index contributed by atoms with van der Waals surface area (Å²) >= 11 is 11.6. The summed E-state index contributed by atoms with van der Waals surface area (Å²) in [6.45, 7) is 6.63. The van der Waals surface area contributed by atoms with Gasteiger partial charge in [-0.2, -0.15) is 13.2 Å². The Morgan fingerprint density at radius 3 is 2.59 bits per heavy atom. The van der Waals surface area contributed by atoms with Crippen molar-refractivity contribution < 1.29 is 18.0 Å². The fourth-order valence-corrected chi connectivity index (χ4v) is 3.39. The van der Waals surface area contributed by atoms with E-state index >= 15 is 0 Å². The molecule has 27 heavy (non-hydrogen) atoms. The molecule has 1 aliphatic carbocycles. The minimum Gasteiger partial charge on any atom is -0.374 e. The smallest absolute Gasteiger partial charge is 0.374 e. The molecule has 148 valence electrons. The van der Waals surface area contributed by atoms with Crippen molar-refractivity contribution in [3.05, 3.63) is 57.3 Å². The number of hydrogen-bond donors (Lipinski definition) is 2. The predicted molar refractivity (Wildman–Crippen MR) is 102 cm³/mol. The largest absolute Gasteiger partial charge is 0.435 e. The van der Waals surface area contributed by atoms with Crippen molar-refractivity contribution in [1.29, 1.82) is 0 Å². The van der Waals surface area contributed by atoms with Gasteiger partial charge in [0.2, 0.25) is 0 Å². The molecule has 0 aromatic heterocycles. The number of hydrazine groups is 1. The fourth-order valence-electron chi connectivity index (χ4n) is 2.93. The van der Waals surface area contributed by atoms with Crippen LogP contribution in [0.2, 0.25) is 0 Å². The Morgan fingerprint density at radius 1 is 1.37 bits per heavy atom. The molecule has 0 saturated carbocycles. The highest BCUT2D eigenvalue weighted by atomic mass is 35.5. The Kier molecular flexibility index (Phi) is 6.50. The normalized spacial score (nSPS) is 24.4. The van der Waals surface area contributed by atoms with E-state index in [1.54, 1.807) is 6.08 Å². The molecule has 2 rings (SSSR count). The van der Waals surface area contributed by atoms with Crippen LogP contribution in [-0.4, -0.2) is 17.5 Å². The number of hydrogen-bond acceptors (Lipinski definition) is 4. The highest BCUT2D eigenvalue weighted by Gasteiger charge is 2.62. The molecule has 1 aliphatic heterocycles. The highest BCUT2D eigenvalue weighted by molar-refractivity contribution is 6.35. The van der Waals surface area contributed by atoms with Crippen molar-refractivity contribution in [2.24, 2.45) is 11.0 Å². The van der Waals surface area contributed by atoms with Gasteiger partial charge in [-0.15, -0.1) is 0 Å². The SMILES string of the molecule is C=C(Cl)/C=C(Cl)\C=C(/C)C1(C(F)(F)F)CC(C2=CC(NN)=C(C)CC2)=NO1. The Bertz CT molecular complexity index is 794. The summed E-state index contributed by atoms with van der Waals surface area (Å²) in [5, 5.41) is 3.87. The maximum atomic E-state index is 13.9. The van der Waals surface area contributed by atoms with Gasteiger partial charge < -0.3 is 10.3 Å². The molecule has 9 heteroatoms. The van der Waals surface area contributed by atoms with E-state index in [1.807, 2.05) is 6.92 Å². The first-order chi connectivity index (χ1) is 12.5. The molecule has 0 saturated heterocycles. The average molecular weight is 422 g/mol. The number of oxime groups is 1. The van der Waals surface area contributed by atoms with E-state index in [1.165, 1.54) is 13.0 Å². The van der Waals surface area contributed by atoms with E-state index in [4.69, 9.17) is 33.9 Å². The van der Waals surface area contributed by atoms with Crippen LogP contribution in [0.5, 0.6) is 0 Å². The van der Waals surface area contributed by atoms with Gasteiger partial charge >= 0.3 is 6.18 Å². The minimum absolute atomic E-state index is 0.0123. The molecule has 1 unspecified atom stereocenters. The second kappa shape index (κ2) is 8.12. The molecule has 1 atom stereocenters. The predicted octanol–water partition coefficient (Wildman–Crippen LogP) is 5.34. The summed E-state index contributed by atoms with van der Waals surface area (Å²) in [6, 6.07) is 0. The number of nitrogens with zero attached hydrogens (tertiary/aromatic N) is 1. The molecule has 0 bridgehead atoms. The van der Waals surface area contributed by atoms with E-state index in [0.29, 0.717) is 24.1 Å². The lowest BCUT2D eigenvalue weighted by molar-refractivity contribution is -0.253. The van der Waals surface area contributed by atoms with E-state index in [-0.39, 0.29) is 21.3 Å². The number of rotatable bonds is 5. The molecule has 0 fully saturated rings. The van der Waals surface area contributed by atoms with E-state index in [2.05, 4.69) is 17.2 Å². The van der Waals surface area contributed by atoms with Gasteiger partial charge in [0.05, 0.1) is 5.71 Å². The van der Waals surface area contributed by atoms with Gasteiger partial charge in [0.25, 0.3) is 5.60 Å². The Labute approximate surface area is 165 Å². The molecular weight excluding hydrogens is 402 g/mol. The monoisotopic (exact) mass is 421 g/mol. The van der Waals surface area contributed by atoms with Crippen LogP contribution in [0.4, 0.5) is 13.2 Å². The fraction of sp³-hybridized carbons (Fsp3) is 0.389. The maximum absolute atomic E-state index is 13.9. The summed E-state index contributed by atoms with van der Waals surface area (Å²) in [6.07, 6.45) is 0.207. The van der Waals surface area contributed by atoms with Crippen molar-refractivity contribution in [2.45, 2.75) is 44.9 Å². The number of nitrogens with one attached hydrogen (secondary N) is 1. The number of nitrogens with two attached hydrogens (primary N) is 1. The van der Waals surface area contributed by atoms with Crippen LogP contribution >= 0.6 is 23.2 Å². The molecule has 2 aliphatic rings. The summed E-state index contributed by atoms with van der Waals surface area (Å²) < 4.78 is 41.8. The van der Waals surface area contributed by atoms with Crippen molar-refractivity contribution >= 4 is 28.9 Å². The van der Waals surface area contributed by atoms with Crippen LogP contribution in [0.1, 0.15) is 33.1 Å². The molecule has 0 aromatic carbocycles. The van der Waals surface area contributed by atoms with Crippen LogP contribution in [0.15, 0.2) is 62.4 Å². The van der Waals surface area contributed by atoms with Crippen LogP contribution in [-0.2, 0) is 4.84 Å². The summed E-state index contributed by atoms with van der Waals surface area (Å²) in [5.41, 5.74) is 2.42. The van der Waals surface area contributed by atoms with Gasteiger partial charge in [0.1, 0.15) is 0 Å². The Hall–Kier alpha value is -1.70. The highest BCUT2D eigenvalue weighted by Crippen LogP contribution is 2.47. The van der Waals surface area contributed by atoms with Crippen molar-refractivity contribution in [1.82, 2.24) is 5.43 Å². The van der Waals surface area contributed by atoms with Gasteiger partial charge in [-0.05, 0) is 61.6 Å². The van der Waals surface area contributed by atoms with Crippen molar-refractivity contribution in [3.8, 4) is 0 Å². The van der Waals surface area contributed by atoms with Gasteiger partial charge in [0, 0.05) is 22.2 Å². The Morgan fingerprint density at radius 2 is 2.04 bits per heavy atom. The molecule has 0 amide bonds. The first-order valence-corrected chi connectivity index (χ1v) is 8.85. The summed E-state index contributed by atoms with van der Waals surface area (Å²) in [4.78, 5) is 4.98. The van der Waals surface area contributed by atoms with Gasteiger partial charge in [-0.25, -0.2) is 0 Å². The third-order valence-corrected chi connectivity index (χ3v) is 4.87. The first-order valence-electron chi connectivity index (χ1n) is 8.09. The van der Waals surface area contributed by atoms with Gasteiger partial charge in [0.15, 0.2) is 0 Å². The molecule has 3 N–H and O–H groups in total. The van der Waals surface area contributed by atoms with E-state index in [9.17, 15) is 13.2 Å². The number of allylic oxidation sites excluding steroid dienone is 7. The van der Waals surface area contributed by atoms with Crippen LogP contribution in [0.3, 0.4) is 0 Å². The maximum Gasteiger partial charge on any atom is 0.435 e. The number of halogens is 5. The zero-order valence-electron chi connectivity index (χ0n) is 14.9. The summed E-state index contributed by atoms with van der Waals surface area (Å²) in [5.74, 6) is 5.47. The second-order valence-corrected chi connectivity index (χ2v) is 7.36. The lowest BCUT2D eigenvalue weighted by Gasteiger charge is -2.30. The lowest BCUT2D eigenvalue weighted by atomic mass is 9.84. The molecule has 1 heterocycles. The third-order valence-electron chi connectivity index (χ3n) is 4.55. The van der Waals surface area contributed by atoms with Crippen molar-refractivity contribution in [3.63, 3.8) is 0 Å². The molecule has 4 nitrogen and oxygen atoms in total. The third kappa shape index (κ3) is 4.59. The van der Waals surface area contributed by atoms with Gasteiger partial charge in [-0.3, -0.25) is 5.84 Å². The minimum atomic E-state index is -4.69. The zero-order valence-corrected chi connectivity index (χ0v) is 16.4. The standard InChI is InChI=1S/C18H20Cl2F3N3O/c1-10-4-5-13(8-15(10)25-24)16-9-17(27-26-16,18(21,22)23)11(2)6-14(20)7-12(3)19/h6-8,25H,3-5,9,24H2,1-2H3/b11-6+,14-7+. The first kappa shape index (κ1) is 21.6. The molecule has 0 aromatic rings. The lowest BCUT2D eigenvalue weighted by Crippen LogP contribution is -2.46. The van der Waals surface area contributed by atoms with Crippen LogP contribution < -0.4 is 11.3 Å². The molecule has 0 spiro atoms. The van der Waals surface area contributed by atoms with Gasteiger partial charge in [-0.1, -0.05) is 34.9 Å². The molecular formula is C18H20Cl2F3N3O. The van der Waals surface area contributed by atoms with E-state index < -0.39 is 18.2 Å². The Balaban J connectivity index is 2.37. The number of alkyl halides is 3. The zero-order chi connectivity index (χ0) is 20.4.